The Labute approximate surface area is 83.2 Å². The molecule has 2 aromatic rings. The number of hydrogen-bond donors (Lipinski definition) is 0. The second kappa shape index (κ2) is 3.40. The zero-order valence-corrected chi connectivity index (χ0v) is 8.69. The van der Waals surface area contributed by atoms with Crippen LogP contribution in [0.1, 0.15) is 32.6 Å². The number of fused-ring (bicyclic) bond motifs is 1. The van der Waals surface area contributed by atoms with Crippen molar-refractivity contribution in [3.05, 3.63) is 24.2 Å². The van der Waals surface area contributed by atoms with Crippen LogP contribution >= 0.6 is 0 Å². The molecule has 0 aromatic carbocycles. The summed E-state index contributed by atoms with van der Waals surface area (Å²) in [6, 6.07) is 3.75. The minimum absolute atomic E-state index is 0.337. The third kappa shape index (κ3) is 1.50. The molecule has 3 nitrogen and oxygen atoms in total. The van der Waals surface area contributed by atoms with Gasteiger partial charge < -0.3 is 4.42 Å². The first-order chi connectivity index (χ1) is 6.68. The van der Waals surface area contributed by atoms with E-state index in [1.54, 1.807) is 6.20 Å². The van der Waals surface area contributed by atoms with Gasteiger partial charge in [0.15, 0.2) is 17.1 Å². The van der Waals surface area contributed by atoms with E-state index < -0.39 is 0 Å². The van der Waals surface area contributed by atoms with Crippen LogP contribution in [0, 0.1) is 5.92 Å². The standard InChI is InChI=1S/C11H14N2O/c1-7(2)8(3)11-13-10-9(14-11)5-4-6-12-10/h4-8H,1-3H3. The number of aromatic nitrogens is 2. The number of hydrogen-bond acceptors (Lipinski definition) is 3. The second-order valence-electron chi connectivity index (χ2n) is 3.91. The lowest BCUT2D eigenvalue weighted by Crippen LogP contribution is -2.01. The molecule has 0 radical (unpaired) electrons. The van der Waals surface area contributed by atoms with Gasteiger partial charge in [-0.05, 0) is 18.1 Å². The fourth-order valence-corrected chi connectivity index (χ4v) is 1.27. The molecular formula is C11H14N2O. The Hall–Kier alpha value is -1.38. The summed E-state index contributed by atoms with van der Waals surface area (Å²) in [6.45, 7) is 6.44. The maximum atomic E-state index is 5.62. The van der Waals surface area contributed by atoms with Crippen molar-refractivity contribution in [2.24, 2.45) is 5.92 Å². The van der Waals surface area contributed by atoms with Crippen molar-refractivity contribution in [1.29, 1.82) is 0 Å². The van der Waals surface area contributed by atoms with Gasteiger partial charge in [0.25, 0.3) is 0 Å². The largest absolute Gasteiger partial charge is 0.439 e. The van der Waals surface area contributed by atoms with Gasteiger partial charge in [-0.2, -0.15) is 4.98 Å². The minimum Gasteiger partial charge on any atom is -0.439 e. The molecule has 0 aliphatic carbocycles. The molecule has 0 amide bonds. The Bertz CT molecular complexity index is 401. The molecule has 74 valence electrons. The van der Waals surface area contributed by atoms with Gasteiger partial charge in [0.2, 0.25) is 0 Å². The summed E-state index contributed by atoms with van der Waals surface area (Å²) in [5.74, 6) is 1.65. The normalized spacial score (nSPS) is 13.7. The van der Waals surface area contributed by atoms with Crippen molar-refractivity contribution in [1.82, 2.24) is 9.97 Å². The molecule has 0 aliphatic heterocycles. The molecule has 0 N–H and O–H groups in total. The summed E-state index contributed by atoms with van der Waals surface area (Å²) >= 11 is 0. The topological polar surface area (TPSA) is 38.9 Å². The van der Waals surface area contributed by atoms with Gasteiger partial charge in [-0.15, -0.1) is 0 Å². The summed E-state index contributed by atoms with van der Waals surface area (Å²) < 4.78 is 5.62. The molecule has 0 fully saturated rings. The Balaban J connectivity index is 2.45. The van der Waals surface area contributed by atoms with E-state index in [-0.39, 0.29) is 0 Å². The molecule has 14 heavy (non-hydrogen) atoms. The van der Waals surface area contributed by atoms with Crippen molar-refractivity contribution < 1.29 is 4.42 Å². The average Bonchev–Trinajstić information content (AvgIpc) is 2.59. The molecule has 3 heteroatoms. The van der Waals surface area contributed by atoms with Crippen molar-refractivity contribution in [3.8, 4) is 0 Å². The van der Waals surface area contributed by atoms with E-state index in [0.717, 1.165) is 11.5 Å². The van der Waals surface area contributed by atoms with Crippen LogP contribution in [-0.2, 0) is 0 Å². The van der Waals surface area contributed by atoms with E-state index in [0.29, 0.717) is 17.5 Å². The highest BCUT2D eigenvalue weighted by Crippen LogP contribution is 2.25. The van der Waals surface area contributed by atoms with E-state index in [4.69, 9.17) is 4.42 Å². The second-order valence-corrected chi connectivity index (χ2v) is 3.91. The highest BCUT2D eigenvalue weighted by molar-refractivity contribution is 5.66. The molecular weight excluding hydrogens is 176 g/mol. The third-order valence-electron chi connectivity index (χ3n) is 2.57. The quantitative estimate of drug-likeness (QED) is 0.730. The fraction of sp³-hybridized carbons (Fsp3) is 0.455. The van der Waals surface area contributed by atoms with E-state index in [9.17, 15) is 0 Å². The van der Waals surface area contributed by atoms with Gasteiger partial charge in [-0.3, -0.25) is 0 Å². The summed E-state index contributed by atoms with van der Waals surface area (Å²) in [4.78, 5) is 8.49. The van der Waals surface area contributed by atoms with E-state index in [1.807, 2.05) is 12.1 Å². The summed E-state index contributed by atoms with van der Waals surface area (Å²) in [5.41, 5.74) is 1.48. The van der Waals surface area contributed by atoms with Gasteiger partial charge in [-0.1, -0.05) is 20.8 Å². The molecule has 1 atom stereocenters. The molecule has 2 aromatic heterocycles. The van der Waals surface area contributed by atoms with Crippen LogP contribution in [0.4, 0.5) is 0 Å². The van der Waals surface area contributed by atoms with Crippen LogP contribution in [0.3, 0.4) is 0 Å². The molecule has 2 rings (SSSR count). The first kappa shape index (κ1) is 9.19. The van der Waals surface area contributed by atoms with E-state index in [2.05, 4.69) is 30.7 Å². The summed E-state index contributed by atoms with van der Waals surface area (Å²) in [7, 11) is 0. The predicted molar refractivity (Wildman–Crippen MR) is 55.1 cm³/mol. The van der Waals surface area contributed by atoms with Crippen molar-refractivity contribution in [2.45, 2.75) is 26.7 Å². The Kier molecular flexibility index (Phi) is 2.23. The Morgan fingerprint density at radius 2 is 2.07 bits per heavy atom. The lowest BCUT2D eigenvalue weighted by Gasteiger charge is -2.09. The molecule has 0 aliphatic rings. The van der Waals surface area contributed by atoms with Crippen LogP contribution in [0.2, 0.25) is 0 Å². The van der Waals surface area contributed by atoms with Crippen LogP contribution < -0.4 is 0 Å². The lowest BCUT2D eigenvalue weighted by atomic mass is 9.98. The maximum Gasteiger partial charge on any atom is 0.200 e. The molecule has 0 bridgehead atoms. The van der Waals surface area contributed by atoms with E-state index >= 15 is 0 Å². The Morgan fingerprint density at radius 3 is 2.71 bits per heavy atom. The van der Waals surface area contributed by atoms with Crippen molar-refractivity contribution in [3.63, 3.8) is 0 Å². The van der Waals surface area contributed by atoms with Crippen LogP contribution in [-0.4, -0.2) is 9.97 Å². The first-order valence-electron chi connectivity index (χ1n) is 4.90. The monoisotopic (exact) mass is 190 g/mol. The van der Waals surface area contributed by atoms with Gasteiger partial charge in [-0.25, -0.2) is 4.98 Å². The number of nitrogens with zero attached hydrogens (tertiary/aromatic N) is 2. The molecule has 2 heterocycles. The molecule has 0 saturated heterocycles. The minimum atomic E-state index is 0.337. The van der Waals surface area contributed by atoms with Crippen molar-refractivity contribution in [2.75, 3.05) is 0 Å². The summed E-state index contributed by atoms with van der Waals surface area (Å²) in [6.07, 6.45) is 1.73. The van der Waals surface area contributed by atoms with Gasteiger partial charge in [0.05, 0.1) is 0 Å². The van der Waals surface area contributed by atoms with Crippen molar-refractivity contribution >= 4 is 11.2 Å². The third-order valence-corrected chi connectivity index (χ3v) is 2.57. The molecule has 1 unspecified atom stereocenters. The van der Waals surface area contributed by atoms with Crippen LogP contribution in [0.15, 0.2) is 22.7 Å². The first-order valence-corrected chi connectivity index (χ1v) is 4.90. The molecule has 0 saturated carbocycles. The fourth-order valence-electron chi connectivity index (χ4n) is 1.27. The predicted octanol–water partition coefficient (Wildman–Crippen LogP) is 2.98. The van der Waals surface area contributed by atoms with E-state index in [1.165, 1.54) is 0 Å². The molecule has 0 spiro atoms. The Morgan fingerprint density at radius 1 is 1.29 bits per heavy atom. The lowest BCUT2D eigenvalue weighted by molar-refractivity contribution is 0.416. The van der Waals surface area contributed by atoms with Gasteiger partial charge in [0, 0.05) is 12.1 Å². The van der Waals surface area contributed by atoms with Crippen LogP contribution in [0.5, 0.6) is 0 Å². The van der Waals surface area contributed by atoms with Crippen LogP contribution in [0.25, 0.3) is 11.2 Å². The zero-order valence-electron chi connectivity index (χ0n) is 8.69. The number of rotatable bonds is 2. The smallest absolute Gasteiger partial charge is 0.200 e. The average molecular weight is 190 g/mol. The summed E-state index contributed by atoms with van der Waals surface area (Å²) in [5, 5.41) is 0. The highest BCUT2D eigenvalue weighted by Gasteiger charge is 2.16. The SMILES string of the molecule is CC(C)C(C)c1nc2ncccc2o1. The zero-order chi connectivity index (χ0) is 10.1. The van der Waals surface area contributed by atoms with Gasteiger partial charge >= 0.3 is 0 Å². The highest BCUT2D eigenvalue weighted by atomic mass is 16.3. The van der Waals surface area contributed by atoms with Gasteiger partial charge in [0.1, 0.15) is 0 Å². The number of oxazole rings is 1. The number of pyridine rings is 1. The maximum absolute atomic E-state index is 5.62.